The van der Waals surface area contributed by atoms with Crippen LogP contribution in [-0.2, 0) is 6.18 Å². The summed E-state index contributed by atoms with van der Waals surface area (Å²) in [5, 5.41) is 19.1. The van der Waals surface area contributed by atoms with Gasteiger partial charge in [0.1, 0.15) is 5.75 Å². The number of phenols is 1. The molecule has 4 nitrogen and oxygen atoms in total. The van der Waals surface area contributed by atoms with E-state index >= 15 is 0 Å². The number of pyridine rings is 1. The summed E-state index contributed by atoms with van der Waals surface area (Å²) in [7, 11) is 0. The van der Waals surface area contributed by atoms with Gasteiger partial charge in [-0.3, -0.25) is 4.98 Å². The molecule has 0 bridgehead atoms. The zero-order valence-corrected chi connectivity index (χ0v) is 17.3. The minimum Gasteiger partial charge on any atom is -0.507 e. The number of unbranched alkanes of at least 4 members (excludes halogenated alkanes) is 1. The van der Waals surface area contributed by atoms with Gasteiger partial charge in [0, 0.05) is 53.1 Å². The van der Waals surface area contributed by atoms with E-state index in [1.54, 1.807) is 12.4 Å². The Kier molecular flexibility index (Phi) is 6.90. The van der Waals surface area contributed by atoms with Crippen molar-refractivity contribution in [2.75, 3.05) is 6.54 Å². The Bertz CT molecular complexity index is 1000. The molecule has 0 saturated heterocycles. The predicted octanol–water partition coefficient (Wildman–Crippen LogP) is 3.62. The van der Waals surface area contributed by atoms with Crippen LogP contribution >= 0.6 is 0 Å². The second-order valence-corrected chi connectivity index (χ2v) is 7.57. The van der Waals surface area contributed by atoms with Crippen LogP contribution in [0.1, 0.15) is 57.1 Å². The monoisotopic (exact) mass is 419 g/mol. The number of alkyl halides is 3. The highest BCUT2D eigenvalue weighted by atomic mass is 19.4. The smallest absolute Gasteiger partial charge is 0.416 e. The Hall–Kier alpha value is -2.70. The fourth-order valence-electron chi connectivity index (χ4n) is 3.78. The van der Waals surface area contributed by atoms with Gasteiger partial charge in [-0.15, -0.1) is 0 Å². The lowest BCUT2D eigenvalue weighted by Gasteiger charge is -2.20. The third kappa shape index (κ3) is 4.89. The molecule has 30 heavy (non-hydrogen) atoms. The van der Waals surface area contributed by atoms with Crippen LogP contribution in [0, 0.1) is 0 Å². The molecular weight excluding hydrogens is 391 g/mol. The first kappa shape index (κ1) is 22.0. The molecule has 1 atom stereocenters. The predicted molar refractivity (Wildman–Crippen MR) is 112 cm³/mol. The quantitative estimate of drug-likeness (QED) is 0.642. The van der Waals surface area contributed by atoms with Gasteiger partial charge in [-0.25, -0.2) is 0 Å². The molecule has 0 radical (unpaired) electrons. The Labute approximate surface area is 174 Å². The van der Waals surface area contributed by atoms with E-state index in [1.165, 1.54) is 6.07 Å². The maximum atomic E-state index is 13.0. The molecule has 7 heteroatoms. The zero-order chi connectivity index (χ0) is 21.7. The van der Waals surface area contributed by atoms with Crippen LogP contribution in [0.15, 0.2) is 36.7 Å². The molecule has 1 aliphatic rings. The zero-order valence-electron chi connectivity index (χ0n) is 17.3. The first-order valence-corrected chi connectivity index (χ1v) is 10.4. The number of rotatable bonds is 7. The molecule has 0 saturated carbocycles. The number of nitrogens with zero attached hydrogens (tertiary/aromatic N) is 1. The highest BCUT2D eigenvalue weighted by molar-refractivity contribution is 5.70. The van der Waals surface area contributed by atoms with Gasteiger partial charge in [0.25, 0.3) is 0 Å². The molecule has 0 fully saturated rings. The number of hydrogen-bond acceptors (Lipinski definition) is 4. The second kappa shape index (κ2) is 9.41. The van der Waals surface area contributed by atoms with Crippen molar-refractivity contribution in [1.29, 1.82) is 0 Å². The van der Waals surface area contributed by atoms with Gasteiger partial charge in [0.05, 0.1) is 11.3 Å². The lowest BCUT2D eigenvalue weighted by Crippen LogP contribution is -2.37. The molecule has 2 heterocycles. The van der Waals surface area contributed by atoms with Crippen LogP contribution in [0.2, 0.25) is 0 Å². The van der Waals surface area contributed by atoms with Gasteiger partial charge >= 0.3 is 6.18 Å². The first-order chi connectivity index (χ1) is 14.3. The van der Waals surface area contributed by atoms with Crippen molar-refractivity contribution in [3.8, 4) is 5.75 Å². The lowest BCUT2D eigenvalue weighted by molar-refractivity contribution is -0.137. The van der Waals surface area contributed by atoms with Crippen molar-refractivity contribution in [3.63, 3.8) is 0 Å². The van der Waals surface area contributed by atoms with E-state index in [4.69, 9.17) is 0 Å². The number of aromatic hydroxyl groups is 1. The normalized spacial score (nSPS) is 15.2. The molecule has 0 spiro atoms. The molecule has 3 rings (SSSR count). The summed E-state index contributed by atoms with van der Waals surface area (Å²) >= 11 is 0. The second-order valence-electron chi connectivity index (χ2n) is 7.57. The Morgan fingerprint density at radius 2 is 2.00 bits per heavy atom. The minimum atomic E-state index is -4.50. The van der Waals surface area contributed by atoms with Crippen LogP contribution in [-0.4, -0.2) is 22.7 Å². The van der Waals surface area contributed by atoms with Crippen LogP contribution < -0.4 is 21.1 Å². The van der Waals surface area contributed by atoms with E-state index in [1.807, 2.05) is 6.07 Å². The van der Waals surface area contributed by atoms with Crippen molar-refractivity contribution in [2.45, 2.75) is 58.2 Å². The fourth-order valence-corrected chi connectivity index (χ4v) is 3.78. The van der Waals surface area contributed by atoms with Gasteiger partial charge in [-0.2, -0.15) is 13.2 Å². The topological polar surface area (TPSA) is 57.2 Å². The Morgan fingerprint density at radius 3 is 2.67 bits per heavy atom. The highest BCUT2D eigenvalue weighted by Gasteiger charge is 2.31. The maximum absolute atomic E-state index is 13.0. The largest absolute Gasteiger partial charge is 0.507 e. The van der Waals surface area contributed by atoms with Crippen molar-refractivity contribution in [3.05, 3.63) is 58.2 Å². The molecule has 2 aromatic rings. The van der Waals surface area contributed by atoms with Crippen molar-refractivity contribution in [2.24, 2.45) is 0 Å². The number of fused-ring (bicyclic) bond motifs is 1. The summed E-state index contributed by atoms with van der Waals surface area (Å²) in [5.41, 5.74) is 1.14. The summed E-state index contributed by atoms with van der Waals surface area (Å²) in [6.45, 7) is 4.92. The number of phenolic OH excluding ortho intramolecular Hbond substituents is 1. The minimum absolute atomic E-state index is 0.342. The summed E-state index contributed by atoms with van der Waals surface area (Å²) < 4.78 is 39.0. The fraction of sp³-hybridized carbons (Fsp3) is 0.435. The average molecular weight is 419 g/mol. The van der Waals surface area contributed by atoms with E-state index < -0.39 is 17.5 Å². The number of hydrogen-bond donors (Lipinski definition) is 3. The summed E-state index contributed by atoms with van der Waals surface area (Å²) in [6.07, 6.45) is 4.02. The SMILES string of the molecule is CCCCC(CC)NC1=c2cnccc2=C(c2ccc(C(F)(F)F)cc2O)NCC1. The maximum Gasteiger partial charge on any atom is 0.416 e. The molecule has 0 aliphatic carbocycles. The number of halogens is 3. The molecule has 0 amide bonds. The first-order valence-electron chi connectivity index (χ1n) is 10.4. The molecule has 3 N–H and O–H groups in total. The summed E-state index contributed by atoms with van der Waals surface area (Å²) in [5.74, 6) is -0.402. The van der Waals surface area contributed by atoms with Crippen LogP contribution in [0.5, 0.6) is 5.75 Å². The van der Waals surface area contributed by atoms with Crippen molar-refractivity contribution < 1.29 is 18.3 Å². The summed E-state index contributed by atoms with van der Waals surface area (Å²) in [6, 6.07) is 5.27. The third-order valence-corrected chi connectivity index (χ3v) is 5.46. The van der Waals surface area contributed by atoms with Crippen LogP contribution in [0.25, 0.3) is 11.4 Å². The van der Waals surface area contributed by atoms with E-state index in [0.29, 0.717) is 23.8 Å². The number of nitrogens with one attached hydrogen (secondary N) is 2. The van der Waals surface area contributed by atoms with Crippen molar-refractivity contribution >= 4 is 11.4 Å². The number of aromatic nitrogens is 1. The Balaban J connectivity index is 2.12. The van der Waals surface area contributed by atoms with E-state index in [2.05, 4.69) is 29.5 Å². The lowest BCUT2D eigenvalue weighted by atomic mass is 10.0. The van der Waals surface area contributed by atoms with Gasteiger partial charge in [0.15, 0.2) is 0 Å². The number of benzene rings is 1. The standard InChI is InChI=1S/C23H28F3N3O/c1-3-5-6-16(4-2)29-20-10-12-28-22(17-9-11-27-14-19(17)20)18-8-7-15(13-21(18)30)23(24,25)26/h7-9,11,13-14,16,28-30H,3-6,10,12H2,1-2H3. The average Bonchev–Trinajstić information content (AvgIpc) is 2.90. The molecule has 1 aromatic heterocycles. The van der Waals surface area contributed by atoms with Gasteiger partial charge < -0.3 is 15.7 Å². The van der Waals surface area contributed by atoms with Crippen molar-refractivity contribution in [1.82, 2.24) is 15.6 Å². The Morgan fingerprint density at radius 1 is 1.20 bits per heavy atom. The summed E-state index contributed by atoms with van der Waals surface area (Å²) in [4.78, 5) is 4.27. The van der Waals surface area contributed by atoms with Crippen LogP contribution in [0.3, 0.4) is 0 Å². The molecule has 1 unspecified atom stereocenters. The van der Waals surface area contributed by atoms with E-state index in [0.717, 1.165) is 60.4 Å². The third-order valence-electron chi connectivity index (χ3n) is 5.46. The highest BCUT2D eigenvalue weighted by Crippen LogP contribution is 2.34. The van der Waals surface area contributed by atoms with Gasteiger partial charge in [-0.05, 0) is 37.1 Å². The molecule has 1 aliphatic heterocycles. The van der Waals surface area contributed by atoms with E-state index in [9.17, 15) is 18.3 Å². The van der Waals surface area contributed by atoms with E-state index in [-0.39, 0.29) is 0 Å². The van der Waals surface area contributed by atoms with Gasteiger partial charge in [0.2, 0.25) is 0 Å². The van der Waals surface area contributed by atoms with Gasteiger partial charge in [-0.1, -0.05) is 26.7 Å². The molecule has 162 valence electrons. The molecular formula is C23H28F3N3O. The van der Waals surface area contributed by atoms with Crippen LogP contribution in [0.4, 0.5) is 13.2 Å². The molecule has 1 aromatic carbocycles.